The number of carboxylic acids is 1. The van der Waals surface area contributed by atoms with Crippen molar-refractivity contribution in [1.29, 1.82) is 0 Å². The van der Waals surface area contributed by atoms with Gasteiger partial charge in [0.05, 0.1) is 0 Å². The summed E-state index contributed by atoms with van der Waals surface area (Å²) in [7, 11) is 0. The van der Waals surface area contributed by atoms with Gasteiger partial charge in [-0.3, -0.25) is 9.59 Å². The molecule has 0 radical (unpaired) electrons. The zero-order valence-corrected chi connectivity index (χ0v) is 11.5. The molecule has 108 valence electrons. The Hall–Kier alpha value is -1.06. The van der Waals surface area contributed by atoms with E-state index in [1.807, 2.05) is 0 Å². The van der Waals surface area contributed by atoms with E-state index in [4.69, 9.17) is 5.11 Å². The lowest BCUT2D eigenvalue weighted by Gasteiger charge is -2.04. The third kappa shape index (κ3) is 13.0. The number of hydrogen-bond acceptors (Lipinski definition) is 2. The molecule has 0 rings (SSSR count). The summed E-state index contributed by atoms with van der Waals surface area (Å²) in [6.07, 6.45) is 9.01. The number of unbranched alkanes of at least 4 members (excludes halogenated alkanes) is 6. The van der Waals surface area contributed by atoms with E-state index >= 15 is 0 Å². The summed E-state index contributed by atoms with van der Waals surface area (Å²) in [4.78, 5) is 21.6. The van der Waals surface area contributed by atoms with Crippen LogP contribution in [0.1, 0.15) is 72.6 Å². The molecule has 2 N–H and O–H groups in total. The highest BCUT2D eigenvalue weighted by Gasteiger charge is 2.00. The van der Waals surface area contributed by atoms with E-state index in [0.717, 1.165) is 57.9 Å². The number of amides is 1. The summed E-state index contributed by atoms with van der Waals surface area (Å²) in [6.45, 7) is 2.88. The van der Waals surface area contributed by atoms with E-state index in [1.165, 1.54) is 0 Å². The van der Waals surface area contributed by atoms with Gasteiger partial charge in [0.2, 0.25) is 5.91 Å². The summed E-state index contributed by atoms with van der Waals surface area (Å²) in [5, 5.41) is 11.4. The average molecular weight is 259 g/mol. The minimum atomic E-state index is -0.714. The molecule has 0 aromatic rings. The summed E-state index contributed by atoms with van der Waals surface area (Å²) >= 11 is 0. The first-order chi connectivity index (χ1) is 8.66. The average Bonchev–Trinajstić information content (AvgIpc) is 2.32. The van der Waals surface area contributed by atoms with Crippen molar-refractivity contribution in [3.8, 4) is 0 Å². The van der Waals surface area contributed by atoms with Crippen molar-refractivity contribution in [2.75, 3.05) is 6.54 Å². The Kier molecular flexibility index (Phi) is 11.7. The van der Waals surface area contributed by atoms with Gasteiger partial charge in [-0.1, -0.05) is 39.0 Å². The molecule has 0 unspecified atom stereocenters. The normalized spacial score (nSPS) is 10.3. The molecule has 0 saturated carbocycles. The summed E-state index contributed by atoms with van der Waals surface area (Å²) in [5.74, 6) is -0.552. The number of carboxylic acid groups (broad SMARTS) is 1. The zero-order valence-electron chi connectivity index (χ0n) is 11.5. The molecule has 0 aromatic heterocycles. The van der Waals surface area contributed by atoms with Crippen molar-refractivity contribution in [2.45, 2.75) is 71.1 Å². The van der Waals surface area contributed by atoms with Gasteiger partial charge in [-0.2, -0.15) is 0 Å². The Morgan fingerprint density at radius 1 is 0.944 bits per heavy atom. The molecule has 4 heteroatoms. The van der Waals surface area contributed by atoms with Crippen LogP contribution in [0.4, 0.5) is 0 Å². The quantitative estimate of drug-likeness (QED) is 0.528. The fraction of sp³-hybridized carbons (Fsp3) is 0.857. The van der Waals surface area contributed by atoms with Crippen molar-refractivity contribution < 1.29 is 16.1 Å². The third-order valence-corrected chi connectivity index (χ3v) is 2.90. The van der Waals surface area contributed by atoms with Crippen molar-refractivity contribution in [3.63, 3.8) is 0 Å². The van der Waals surface area contributed by atoms with E-state index in [9.17, 15) is 9.59 Å². The Morgan fingerprint density at radius 3 is 2.22 bits per heavy atom. The molecule has 0 saturated heterocycles. The standard InChI is InChI=1S/C14H27NO3.H2/c1-2-3-7-10-13(16)15-12-9-6-4-5-8-11-14(17)18;/h2-12H2,1H3,(H,15,16)(H,17,18);1H. The maximum absolute atomic E-state index is 11.4. The monoisotopic (exact) mass is 259 g/mol. The van der Waals surface area contributed by atoms with Crippen LogP contribution in [-0.2, 0) is 9.59 Å². The van der Waals surface area contributed by atoms with E-state index in [0.29, 0.717) is 6.42 Å². The molecule has 4 nitrogen and oxygen atoms in total. The lowest BCUT2D eigenvalue weighted by Crippen LogP contribution is -2.23. The summed E-state index contributed by atoms with van der Waals surface area (Å²) < 4.78 is 0. The molecule has 0 atom stereocenters. The van der Waals surface area contributed by atoms with Gasteiger partial charge in [-0.05, 0) is 19.3 Å². The highest BCUT2D eigenvalue weighted by molar-refractivity contribution is 5.75. The van der Waals surface area contributed by atoms with E-state index in [2.05, 4.69) is 12.2 Å². The number of carbonyl (C=O) groups excluding carboxylic acids is 1. The number of aliphatic carboxylic acids is 1. The van der Waals surface area contributed by atoms with Crippen LogP contribution in [0.3, 0.4) is 0 Å². The Bertz CT molecular complexity index is 235. The largest absolute Gasteiger partial charge is 0.481 e. The van der Waals surface area contributed by atoms with E-state index in [1.54, 1.807) is 0 Å². The van der Waals surface area contributed by atoms with Gasteiger partial charge < -0.3 is 10.4 Å². The van der Waals surface area contributed by atoms with Crippen molar-refractivity contribution >= 4 is 11.9 Å². The first kappa shape index (κ1) is 16.9. The van der Waals surface area contributed by atoms with Crippen LogP contribution in [0.5, 0.6) is 0 Å². The Morgan fingerprint density at radius 2 is 1.56 bits per heavy atom. The number of nitrogens with one attached hydrogen (secondary N) is 1. The SMILES string of the molecule is CCCCCC(=O)NCCCCCCCC(=O)O.[HH]. The molecule has 0 fully saturated rings. The number of carbonyl (C=O) groups is 2. The molecule has 0 aliphatic rings. The van der Waals surface area contributed by atoms with Gasteiger partial charge in [0.15, 0.2) is 0 Å². The first-order valence-electron chi connectivity index (χ1n) is 7.15. The van der Waals surface area contributed by atoms with Crippen molar-refractivity contribution in [2.24, 2.45) is 0 Å². The minimum Gasteiger partial charge on any atom is -0.481 e. The van der Waals surface area contributed by atoms with Gasteiger partial charge in [-0.25, -0.2) is 0 Å². The second-order valence-corrected chi connectivity index (χ2v) is 4.72. The Balaban J connectivity index is 0. The highest BCUT2D eigenvalue weighted by Crippen LogP contribution is 2.05. The molecule has 0 bridgehead atoms. The van der Waals surface area contributed by atoms with E-state index < -0.39 is 5.97 Å². The second-order valence-electron chi connectivity index (χ2n) is 4.72. The predicted octanol–water partition coefficient (Wildman–Crippen LogP) is 3.35. The molecule has 0 aliphatic heterocycles. The molecule has 0 aliphatic carbocycles. The van der Waals surface area contributed by atoms with Gasteiger partial charge in [-0.15, -0.1) is 0 Å². The summed E-state index contributed by atoms with van der Waals surface area (Å²) in [5.41, 5.74) is 0. The number of hydrogen-bond donors (Lipinski definition) is 2. The first-order valence-corrected chi connectivity index (χ1v) is 7.15. The maximum atomic E-state index is 11.4. The van der Waals surface area contributed by atoms with Gasteiger partial charge >= 0.3 is 5.97 Å². The lowest BCUT2D eigenvalue weighted by atomic mass is 10.1. The zero-order chi connectivity index (χ0) is 13.6. The van der Waals surface area contributed by atoms with Crippen LogP contribution in [0.2, 0.25) is 0 Å². The second kappa shape index (κ2) is 12.4. The molecular weight excluding hydrogens is 230 g/mol. The lowest BCUT2D eigenvalue weighted by molar-refractivity contribution is -0.137. The third-order valence-electron chi connectivity index (χ3n) is 2.90. The predicted molar refractivity (Wildman–Crippen MR) is 74.6 cm³/mol. The van der Waals surface area contributed by atoms with Crippen LogP contribution in [0.15, 0.2) is 0 Å². The molecule has 0 heterocycles. The highest BCUT2D eigenvalue weighted by atomic mass is 16.4. The van der Waals surface area contributed by atoms with Crippen LogP contribution in [0, 0.1) is 0 Å². The maximum Gasteiger partial charge on any atom is 0.303 e. The Labute approximate surface area is 112 Å². The van der Waals surface area contributed by atoms with E-state index in [-0.39, 0.29) is 13.8 Å². The van der Waals surface area contributed by atoms with Gasteiger partial charge in [0.1, 0.15) is 0 Å². The van der Waals surface area contributed by atoms with Crippen molar-refractivity contribution in [3.05, 3.63) is 0 Å². The molecule has 18 heavy (non-hydrogen) atoms. The summed E-state index contributed by atoms with van der Waals surface area (Å²) in [6, 6.07) is 0. The minimum absolute atomic E-state index is 0. The fourth-order valence-electron chi connectivity index (χ4n) is 1.78. The van der Waals surface area contributed by atoms with Crippen LogP contribution in [0.25, 0.3) is 0 Å². The van der Waals surface area contributed by atoms with Crippen LogP contribution >= 0.6 is 0 Å². The molecular formula is C14H29NO3. The smallest absolute Gasteiger partial charge is 0.303 e. The fourth-order valence-corrected chi connectivity index (χ4v) is 1.78. The van der Waals surface area contributed by atoms with Crippen LogP contribution < -0.4 is 5.32 Å². The van der Waals surface area contributed by atoms with Gasteiger partial charge in [0.25, 0.3) is 0 Å². The van der Waals surface area contributed by atoms with Crippen molar-refractivity contribution in [1.82, 2.24) is 5.32 Å². The van der Waals surface area contributed by atoms with Gasteiger partial charge in [0, 0.05) is 20.8 Å². The molecule has 0 spiro atoms. The van der Waals surface area contributed by atoms with Crippen LogP contribution in [-0.4, -0.2) is 23.5 Å². The molecule has 1 amide bonds. The number of rotatable bonds is 12. The topological polar surface area (TPSA) is 66.4 Å². The molecule has 0 aromatic carbocycles.